The molecule has 2 N–H and O–H groups in total. The monoisotopic (exact) mass is 244 g/mol. The Morgan fingerprint density at radius 1 is 1.28 bits per heavy atom. The van der Waals surface area contributed by atoms with Crippen molar-refractivity contribution in [3.8, 4) is 0 Å². The fraction of sp³-hybridized carbons (Fsp3) is 0.533. The Hall–Kier alpha value is -1.35. The van der Waals surface area contributed by atoms with Crippen LogP contribution < -0.4 is 10.6 Å². The minimum absolute atomic E-state index is 0.137. The van der Waals surface area contributed by atoms with E-state index in [-0.39, 0.29) is 17.9 Å². The van der Waals surface area contributed by atoms with E-state index in [1.165, 1.54) is 24.0 Å². The Bertz CT molecular complexity index is 477. The van der Waals surface area contributed by atoms with E-state index in [2.05, 4.69) is 18.2 Å². The third kappa shape index (κ3) is 1.93. The van der Waals surface area contributed by atoms with Crippen molar-refractivity contribution in [2.24, 2.45) is 11.7 Å². The second kappa shape index (κ2) is 4.39. The van der Waals surface area contributed by atoms with E-state index in [1.54, 1.807) is 4.90 Å². The Kier molecular flexibility index (Phi) is 2.86. The molecular weight excluding hydrogens is 224 g/mol. The van der Waals surface area contributed by atoms with Crippen molar-refractivity contribution >= 4 is 11.6 Å². The molecular formula is C15H20N2O. The number of nitrogens with zero attached hydrogens (tertiary/aromatic N) is 1. The van der Waals surface area contributed by atoms with Gasteiger partial charge >= 0.3 is 0 Å². The zero-order chi connectivity index (χ0) is 12.7. The molecule has 2 aliphatic rings. The van der Waals surface area contributed by atoms with Gasteiger partial charge in [0.05, 0.1) is 0 Å². The molecule has 0 saturated heterocycles. The van der Waals surface area contributed by atoms with E-state index in [9.17, 15) is 4.79 Å². The number of carbonyl (C=O) groups excluding carboxylic acids is 1. The molecule has 0 unspecified atom stereocenters. The van der Waals surface area contributed by atoms with Gasteiger partial charge < -0.3 is 10.6 Å². The fourth-order valence-electron chi connectivity index (χ4n) is 3.03. The molecule has 3 heteroatoms. The quantitative estimate of drug-likeness (QED) is 0.863. The van der Waals surface area contributed by atoms with Gasteiger partial charge in [0.25, 0.3) is 0 Å². The maximum Gasteiger partial charge on any atom is 0.229 e. The topological polar surface area (TPSA) is 46.3 Å². The maximum atomic E-state index is 12.2. The second-order valence-electron chi connectivity index (χ2n) is 5.63. The van der Waals surface area contributed by atoms with Gasteiger partial charge in [-0.05, 0) is 55.4 Å². The molecule has 3 nitrogen and oxygen atoms in total. The molecule has 0 heterocycles. The number of amides is 1. The summed E-state index contributed by atoms with van der Waals surface area (Å²) in [5, 5.41) is 0. The van der Waals surface area contributed by atoms with Crippen LogP contribution in [-0.2, 0) is 17.6 Å². The normalized spacial score (nSPS) is 25.4. The first-order valence-corrected chi connectivity index (χ1v) is 6.80. The molecule has 96 valence electrons. The minimum atomic E-state index is 0.137. The highest BCUT2D eigenvalue weighted by Crippen LogP contribution is 2.31. The molecule has 2 aliphatic carbocycles. The third-order valence-electron chi connectivity index (χ3n) is 4.32. The van der Waals surface area contributed by atoms with Gasteiger partial charge in [-0.3, -0.25) is 4.79 Å². The van der Waals surface area contributed by atoms with E-state index in [4.69, 9.17) is 5.73 Å². The number of carbonyl (C=O) groups is 1. The minimum Gasteiger partial charge on any atom is -0.328 e. The average molecular weight is 244 g/mol. The fourth-order valence-corrected chi connectivity index (χ4v) is 3.03. The van der Waals surface area contributed by atoms with E-state index >= 15 is 0 Å². The number of aryl methyl sites for hydroxylation is 2. The van der Waals surface area contributed by atoms with Gasteiger partial charge in [0.1, 0.15) is 0 Å². The SMILES string of the molecule is CN(C(=O)C1CC(N)C1)c1ccc2c(c1)CCC2. The summed E-state index contributed by atoms with van der Waals surface area (Å²) < 4.78 is 0. The summed E-state index contributed by atoms with van der Waals surface area (Å²) in [6.45, 7) is 0. The summed E-state index contributed by atoms with van der Waals surface area (Å²) in [7, 11) is 1.88. The van der Waals surface area contributed by atoms with E-state index in [0.29, 0.717) is 0 Å². The highest BCUT2D eigenvalue weighted by atomic mass is 16.2. The first-order chi connectivity index (χ1) is 8.65. The molecule has 1 amide bonds. The summed E-state index contributed by atoms with van der Waals surface area (Å²) in [4.78, 5) is 14.0. The van der Waals surface area contributed by atoms with Gasteiger partial charge in [-0.1, -0.05) is 6.07 Å². The Morgan fingerprint density at radius 2 is 2.00 bits per heavy atom. The van der Waals surface area contributed by atoms with Crippen LogP contribution in [0.4, 0.5) is 5.69 Å². The first-order valence-electron chi connectivity index (χ1n) is 6.80. The lowest BCUT2D eigenvalue weighted by Crippen LogP contribution is -2.45. The lowest BCUT2D eigenvalue weighted by Gasteiger charge is -2.34. The molecule has 1 fully saturated rings. The Morgan fingerprint density at radius 3 is 2.72 bits per heavy atom. The molecule has 0 radical (unpaired) electrons. The van der Waals surface area contributed by atoms with Crippen molar-refractivity contribution in [1.29, 1.82) is 0 Å². The molecule has 0 bridgehead atoms. The largest absolute Gasteiger partial charge is 0.328 e. The number of nitrogens with two attached hydrogens (primary N) is 1. The Balaban J connectivity index is 1.76. The highest BCUT2D eigenvalue weighted by molar-refractivity contribution is 5.95. The molecule has 1 aromatic rings. The van der Waals surface area contributed by atoms with Crippen LogP contribution >= 0.6 is 0 Å². The van der Waals surface area contributed by atoms with Crippen molar-refractivity contribution in [3.05, 3.63) is 29.3 Å². The summed E-state index contributed by atoms with van der Waals surface area (Å²) >= 11 is 0. The molecule has 0 atom stereocenters. The van der Waals surface area contributed by atoms with Crippen molar-refractivity contribution in [2.45, 2.75) is 38.1 Å². The van der Waals surface area contributed by atoms with Gasteiger partial charge in [0.15, 0.2) is 0 Å². The number of hydrogen-bond acceptors (Lipinski definition) is 2. The van der Waals surface area contributed by atoms with Gasteiger partial charge in [-0.25, -0.2) is 0 Å². The van der Waals surface area contributed by atoms with Gasteiger partial charge in [-0.2, -0.15) is 0 Å². The molecule has 3 rings (SSSR count). The highest BCUT2D eigenvalue weighted by Gasteiger charge is 2.34. The molecule has 0 aliphatic heterocycles. The zero-order valence-corrected chi connectivity index (χ0v) is 10.9. The lowest BCUT2D eigenvalue weighted by molar-refractivity contribution is -0.124. The van der Waals surface area contributed by atoms with E-state index in [0.717, 1.165) is 24.9 Å². The van der Waals surface area contributed by atoms with Crippen LogP contribution in [0.2, 0.25) is 0 Å². The predicted molar refractivity (Wildman–Crippen MR) is 72.6 cm³/mol. The average Bonchev–Trinajstić information content (AvgIpc) is 2.80. The van der Waals surface area contributed by atoms with Crippen LogP contribution in [0, 0.1) is 5.92 Å². The Labute approximate surface area is 108 Å². The van der Waals surface area contributed by atoms with Crippen LogP contribution in [-0.4, -0.2) is 19.0 Å². The van der Waals surface area contributed by atoms with Crippen LogP contribution in [0.25, 0.3) is 0 Å². The van der Waals surface area contributed by atoms with Gasteiger partial charge in [0.2, 0.25) is 5.91 Å². The first kappa shape index (κ1) is 11.7. The van der Waals surface area contributed by atoms with Crippen LogP contribution in [0.3, 0.4) is 0 Å². The molecule has 1 saturated carbocycles. The molecule has 18 heavy (non-hydrogen) atoms. The van der Waals surface area contributed by atoms with Gasteiger partial charge in [-0.15, -0.1) is 0 Å². The van der Waals surface area contributed by atoms with Crippen LogP contribution in [0.1, 0.15) is 30.4 Å². The third-order valence-corrected chi connectivity index (χ3v) is 4.32. The summed E-state index contributed by atoms with van der Waals surface area (Å²) in [6, 6.07) is 6.65. The van der Waals surface area contributed by atoms with Crippen molar-refractivity contribution in [1.82, 2.24) is 0 Å². The van der Waals surface area contributed by atoms with Crippen molar-refractivity contribution in [3.63, 3.8) is 0 Å². The van der Waals surface area contributed by atoms with E-state index in [1.807, 2.05) is 7.05 Å². The number of fused-ring (bicyclic) bond motifs is 1. The number of anilines is 1. The molecule has 1 aromatic carbocycles. The number of hydrogen-bond donors (Lipinski definition) is 1. The van der Waals surface area contributed by atoms with Crippen LogP contribution in [0.15, 0.2) is 18.2 Å². The maximum absolute atomic E-state index is 12.2. The zero-order valence-electron chi connectivity index (χ0n) is 10.9. The summed E-state index contributed by atoms with van der Waals surface area (Å²) in [5.74, 6) is 0.355. The smallest absolute Gasteiger partial charge is 0.229 e. The summed E-state index contributed by atoms with van der Waals surface area (Å²) in [6.07, 6.45) is 5.26. The standard InChI is InChI=1S/C15H20N2O/c1-17(15(18)12-7-13(16)8-12)14-6-5-10-3-2-4-11(10)9-14/h5-6,9,12-13H,2-4,7-8,16H2,1H3. The van der Waals surface area contributed by atoms with Crippen LogP contribution in [0.5, 0.6) is 0 Å². The molecule has 0 aromatic heterocycles. The van der Waals surface area contributed by atoms with Crippen molar-refractivity contribution < 1.29 is 4.79 Å². The number of benzene rings is 1. The predicted octanol–water partition coefficient (Wildman–Crippen LogP) is 1.88. The summed E-state index contributed by atoms with van der Waals surface area (Å²) in [5.41, 5.74) is 9.64. The second-order valence-corrected chi connectivity index (χ2v) is 5.63. The number of rotatable bonds is 2. The molecule has 0 spiro atoms. The lowest BCUT2D eigenvalue weighted by atomic mass is 9.80. The van der Waals surface area contributed by atoms with Gasteiger partial charge in [0, 0.05) is 24.7 Å². The van der Waals surface area contributed by atoms with Crippen molar-refractivity contribution in [2.75, 3.05) is 11.9 Å². The van der Waals surface area contributed by atoms with E-state index < -0.39 is 0 Å².